The van der Waals surface area contributed by atoms with Crippen LogP contribution in [-0.4, -0.2) is 34.2 Å². The van der Waals surface area contributed by atoms with Crippen LogP contribution in [0.5, 0.6) is 0 Å². The first kappa shape index (κ1) is 18.7. The van der Waals surface area contributed by atoms with E-state index >= 15 is 0 Å². The maximum absolute atomic E-state index is 11.9. The number of anilines is 2. The van der Waals surface area contributed by atoms with Gasteiger partial charge in [0.05, 0.1) is 17.6 Å². The van der Waals surface area contributed by atoms with E-state index < -0.39 is 10.0 Å². The number of sulfonamides is 1. The van der Waals surface area contributed by atoms with Gasteiger partial charge in [-0.3, -0.25) is 9.52 Å². The third kappa shape index (κ3) is 6.23. The molecule has 0 saturated heterocycles. The molecule has 0 heterocycles. The van der Waals surface area contributed by atoms with E-state index in [0.717, 1.165) is 6.26 Å². The van der Waals surface area contributed by atoms with Gasteiger partial charge in [0, 0.05) is 12.5 Å². The van der Waals surface area contributed by atoms with Crippen LogP contribution >= 0.6 is 12.4 Å². The number of benzene rings is 1. The number of nitrogens with one attached hydrogen (secondary N) is 3. The summed E-state index contributed by atoms with van der Waals surface area (Å²) in [5, 5.41) is 5.63. The van der Waals surface area contributed by atoms with E-state index in [1.54, 1.807) is 38.2 Å². The highest BCUT2D eigenvalue weighted by atomic mass is 35.5. The molecule has 0 saturated carbocycles. The van der Waals surface area contributed by atoms with Crippen LogP contribution in [0.4, 0.5) is 11.4 Å². The Morgan fingerprint density at radius 3 is 2.30 bits per heavy atom. The van der Waals surface area contributed by atoms with Crippen LogP contribution in [0, 0.1) is 5.92 Å². The molecule has 1 atom stereocenters. The fourth-order valence-corrected chi connectivity index (χ4v) is 2.11. The molecule has 0 fully saturated rings. The van der Waals surface area contributed by atoms with Crippen molar-refractivity contribution in [2.75, 3.05) is 29.9 Å². The number of hydrogen-bond acceptors (Lipinski definition) is 4. The normalized spacial score (nSPS) is 12.2. The first-order valence-corrected chi connectivity index (χ1v) is 7.75. The summed E-state index contributed by atoms with van der Waals surface area (Å²) in [4.78, 5) is 11.9. The van der Waals surface area contributed by atoms with E-state index in [-0.39, 0.29) is 24.2 Å². The van der Waals surface area contributed by atoms with Gasteiger partial charge in [-0.05, 0) is 19.2 Å². The van der Waals surface area contributed by atoms with Gasteiger partial charge < -0.3 is 10.6 Å². The van der Waals surface area contributed by atoms with E-state index in [2.05, 4.69) is 15.4 Å². The second-order valence-corrected chi connectivity index (χ2v) is 6.12. The van der Waals surface area contributed by atoms with Gasteiger partial charge in [0.2, 0.25) is 15.9 Å². The molecule has 0 bridgehead atoms. The van der Waals surface area contributed by atoms with E-state index in [0.29, 0.717) is 17.9 Å². The van der Waals surface area contributed by atoms with Crippen molar-refractivity contribution in [1.29, 1.82) is 0 Å². The first-order valence-electron chi connectivity index (χ1n) is 5.86. The number of para-hydroxylation sites is 2. The highest BCUT2D eigenvalue weighted by molar-refractivity contribution is 7.92. The Labute approximate surface area is 125 Å². The predicted octanol–water partition coefficient (Wildman–Crippen LogP) is 1.27. The Morgan fingerprint density at radius 2 is 1.80 bits per heavy atom. The zero-order valence-electron chi connectivity index (χ0n) is 11.6. The van der Waals surface area contributed by atoms with E-state index in [9.17, 15) is 13.2 Å². The minimum absolute atomic E-state index is 0. The predicted molar refractivity (Wildman–Crippen MR) is 83.9 cm³/mol. The summed E-state index contributed by atoms with van der Waals surface area (Å²) < 4.78 is 24.9. The smallest absolute Gasteiger partial charge is 0.229 e. The van der Waals surface area contributed by atoms with Gasteiger partial charge in [0.15, 0.2) is 0 Å². The molecule has 1 aromatic rings. The van der Waals surface area contributed by atoms with Gasteiger partial charge in [0.25, 0.3) is 0 Å². The van der Waals surface area contributed by atoms with Gasteiger partial charge in [0.1, 0.15) is 0 Å². The van der Waals surface area contributed by atoms with Crippen molar-refractivity contribution < 1.29 is 13.2 Å². The van der Waals surface area contributed by atoms with E-state index in [1.807, 2.05) is 0 Å². The Morgan fingerprint density at radius 1 is 1.25 bits per heavy atom. The Bertz CT molecular complexity index is 549. The van der Waals surface area contributed by atoms with Crippen LogP contribution in [0.3, 0.4) is 0 Å². The lowest BCUT2D eigenvalue weighted by Crippen LogP contribution is -2.29. The number of rotatable bonds is 6. The van der Waals surface area contributed by atoms with Gasteiger partial charge in [-0.2, -0.15) is 0 Å². The van der Waals surface area contributed by atoms with Crippen molar-refractivity contribution in [2.45, 2.75) is 6.92 Å². The summed E-state index contributed by atoms with van der Waals surface area (Å²) in [6.45, 7) is 2.34. The number of carbonyl (C=O) groups is 1. The van der Waals surface area contributed by atoms with Crippen molar-refractivity contribution in [1.82, 2.24) is 5.32 Å². The van der Waals surface area contributed by atoms with Gasteiger partial charge in [-0.1, -0.05) is 19.1 Å². The Hall–Kier alpha value is -1.31. The molecule has 0 aliphatic carbocycles. The topological polar surface area (TPSA) is 87.3 Å². The fourth-order valence-electron chi connectivity index (χ4n) is 1.54. The van der Waals surface area contributed by atoms with E-state index in [4.69, 9.17) is 0 Å². The molecule has 0 radical (unpaired) electrons. The maximum atomic E-state index is 11.9. The third-order valence-corrected chi connectivity index (χ3v) is 3.03. The van der Waals surface area contributed by atoms with Crippen molar-refractivity contribution in [3.8, 4) is 0 Å². The average molecular weight is 322 g/mol. The summed E-state index contributed by atoms with van der Waals surface area (Å²) in [7, 11) is -1.61. The van der Waals surface area contributed by atoms with Gasteiger partial charge >= 0.3 is 0 Å². The molecule has 0 aromatic heterocycles. The molecule has 0 spiro atoms. The van der Waals surface area contributed by atoms with Crippen LogP contribution in [-0.2, 0) is 14.8 Å². The average Bonchev–Trinajstić information content (AvgIpc) is 2.30. The molecule has 20 heavy (non-hydrogen) atoms. The summed E-state index contributed by atoms with van der Waals surface area (Å²) in [6.07, 6.45) is 1.06. The van der Waals surface area contributed by atoms with Crippen LogP contribution in [0.1, 0.15) is 6.92 Å². The van der Waals surface area contributed by atoms with Gasteiger partial charge in [-0.15, -0.1) is 12.4 Å². The molecule has 114 valence electrons. The summed E-state index contributed by atoms with van der Waals surface area (Å²) in [6, 6.07) is 6.67. The lowest BCUT2D eigenvalue weighted by atomic mass is 10.1. The summed E-state index contributed by atoms with van der Waals surface area (Å²) in [5.74, 6) is -0.381. The standard InChI is InChI=1S/C12H19N3O3S.ClH/c1-9(8-13-2)12(16)14-10-6-4-5-7-11(10)15-19(3,17)18;/h4-7,9,13,15H,8H2,1-3H3,(H,14,16);1H. The molecule has 3 N–H and O–H groups in total. The monoisotopic (exact) mass is 321 g/mol. The van der Waals surface area contributed by atoms with Crippen molar-refractivity contribution >= 4 is 39.7 Å². The largest absolute Gasteiger partial charge is 0.324 e. The molecule has 0 aliphatic heterocycles. The molecule has 1 rings (SSSR count). The molecular formula is C12H20ClN3O3S. The highest BCUT2D eigenvalue weighted by Crippen LogP contribution is 2.22. The van der Waals surface area contributed by atoms with Crippen LogP contribution in [0.2, 0.25) is 0 Å². The number of amides is 1. The van der Waals surface area contributed by atoms with E-state index in [1.165, 1.54) is 0 Å². The zero-order valence-corrected chi connectivity index (χ0v) is 13.3. The number of carbonyl (C=O) groups excluding carboxylic acids is 1. The van der Waals surface area contributed by atoms with Crippen molar-refractivity contribution in [3.05, 3.63) is 24.3 Å². The molecular weight excluding hydrogens is 302 g/mol. The Balaban J connectivity index is 0.00000361. The lowest BCUT2D eigenvalue weighted by molar-refractivity contribution is -0.119. The summed E-state index contributed by atoms with van der Waals surface area (Å²) >= 11 is 0. The molecule has 1 amide bonds. The maximum Gasteiger partial charge on any atom is 0.229 e. The van der Waals surface area contributed by atoms with Crippen LogP contribution < -0.4 is 15.4 Å². The van der Waals surface area contributed by atoms with Crippen molar-refractivity contribution in [3.63, 3.8) is 0 Å². The second kappa shape index (κ2) is 8.08. The molecule has 1 unspecified atom stereocenters. The minimum Gasteiger partial charge on any atom is -0.324 e. The molecule has 6 nitrogen and oxygen atoms in total. The molecule has 1 aromatic carbocycles. The van der Waals surface area contributed by atoms with Gasteiger partial charge in [-0.25, -0.2) is 8.42 Å². The lowest BCUT2D eigenvalue weighted by Gasteiger charge is -2.15. The van der Waals surface area contributed by atoms with Crippen LogP contribution in [0.15, 0.2) is 24.3 Å². The number of hydrogen-bond donors (Lipinski definition) is 3. The van der Waals surface area contributed by atoms with Crippen molar-refractivity contribution in [2.24, 2.45) is 5.92 Å². The zero-order chi connectivity index (χ0) is 14.5. The molecule has 8 heteroatoms. The van der Waals surface area contributed by atoms with Crippen LogP contribution in [0.25, 0.3) is 0 Å². The highest BCUT2D eigenvalue weighted by Gasteiger charge is 2.14. The third-order valence-electron chi connectivity index (χ3n) is 2.44. The SMILES string of the molecule is CNCC(C)C(=O)Nc1ccccc1NS(C)(=O)=O.Cl. The Kier molecular flexibility index (Phi) is 7.55. The number of halogens is 1. The summed E-state index contributed by atoms with van der Waals surface area (Å²) in [5.41, 5.74) is 0.802. The molecule has 0 aliphatic rings. The fraction of sp³-hybridized carbons (Fsp3) is 0.417. The minimum atomic E-state index is -3.38. The second-order valence-electron chi connectivity index (χ2n) is 4.37. The quantitative estimate of drug-likeness (QED) is 0.736. The first-order chi connectivity index (χ1) is 8.83.